The first-order chi connectivity index (χ1) is 7.13. The highest BCUT2D eigenvalue weighted by Gasteiger charge is 2.20. The van der Waals surface area contributed by atoms with Gasteiger partial charge in [0.25, 0.3) is 0 Å². The van der Waals surface area contributed by atoms with Crippen molar-refractivity contribution in [2.24, 2.45) is 0 Å². The molecule has 0 saturated heterocycles. The van der Waals surface area contributed by atoms with Gasteiger partial charge in [0.1, 0.15) is 18.7 Å². The van der Waals surface area contributed by atoms with Crippen molar-refractivity contribution < 1.29 is 14.3 Å². The lowest BCUT2D eigenvalue weighted by molar-refractivity contribution is -0.145. The first-order valence-electron chi connectivity index (χ1n) is 4.31. The van der Waals surface area contributed by atoms with Crippen LogP contribution in [0.2, 0.25) is 0 Å². The van der Waals surface area contributed by atoms with Crippen molar-refractivity contribution in [1.82, 2.24) is 20.1 Å². The van der Waals surface area contributed by atoms with E-state index >= 15 is 0 Å². The van der Waals surface area contributed by atoms with Crippen LogP contribution in [0.4, 0.5) is 0 Å². The Labute approximate surface area is 86.4 Å². The molecular weight excluding hydrogens is 200 g/mol. The third-order valence-corrected chi connectivity index (χ3v) is 1.70. The molecule has 1 atom stereocenters. The summed E-state index contributed by atoms with van der Waals surface area (Å²) in [5, 5.41) is 6.29. The number of aromatic nitrogens is 3. The summed E-state index contributed by atoms with van der Waals surface area (Å²) in [6.45, 7) is 1.53. The van der Waals surface area contributed by atoms with Crippen LogP contribution in [-0.2, 0) is 20.9 Å². The van der Waals surface area contributed by atoms with Crippen LogP contribution < -0.4 is 5.32 Å². The van der Waals surface area contributed by atoms with E-state index in [-0.39, 0.29) is 12.5 Å². The third-order valence-electron chi connectivity index (χ3n) is 1.70. The number of hydrogen-bond donors (Lipinski definition) is 1. The molecule has 0 saturated carbocycles. The molecule has 7 heteroatoms. The van der Waals surface area contributed by atoms with Crippen LogP contribution >= 0.6 is 0 Å². The maximum absolute atomic E-state index is 11.3. The summed E-state index contributed by atoms with van der Waals surface area (Å²) < 4.78 is 5.99. The Kier molecular flexibility index (Phi) is 3.78. The summed E-state index contributed by atoms with van der Waals surface area (Å²) in [6.07, 6.45) is 2.81. The third kappa shape index (κ3) is 3.37. The Hall–Kier alpha value is -1.92. The first kappa shape index (κ1) is 11.2. The van der Waals surface area contributed by atoms with Gasteiger partial charge in [-0.2, -0.15) is 5.10 Å². The molecule has 0 unspecified atom stereocenters. The largest absolute Gasteiger partial charge is 0.467 e. The average Bonchev–Trinajstić information content (AvgIpc) is 2.67. The number of carbonyl (C=O) groups is 2. The van der Waals surface area contributed by atoms with Gasteiger partial charge in [-0.15, -0.1) is 0 Å². The van der Waals surface area contributed by atoms with Crippen molar-refractivity contribution in [3.8, 4) is 0 Å². The van der Waals surface area contributed by atoms with E-state index < -0.39 is 12.0 Å². The molecule has 7 nitrogen and oxygen atoms in total. The normalized spacial score (nSPS) is 11.9. The van der Waals surface area contributed by atoms with Crippen LogP contribution in [-0.4, -0.2) is 39.8 Å². The van der Waals surface area contributed by atoms with Crippen LogP contribution in [0, 0.1) is 0 Å². The molecule has 1 heterocycles. The van der Waals surface area contributed by atoms with Crippen molar-refractivity contribution >= 4 is 11.9 Å². The number of carbonyl (C=O) groups excluding carboxylic acids is 2. The van der Waals surface area contributed by atoms with Crippen molar-refractivity contribution in [2.75, 3.05) is 7.11 Å². The van der Waals surface area contributed by atoms with Gasteiger partial charge >= 0.3 is 5.97 Å². The minimum absolute atomic E-state index is 0.201. The quantitative estimate of drug-likeness (QED) is 0.644. The number of amides is 1. The summed E-state index contributed by atoms with van der Waals surface area (Å²) in [6, 6.07) is -0.741. The molecule has 1 rings (SSSR count). The zero-order valence-corrected chi connectivity index (χ0v) is 8.51. The van der Waals surface area contributed by atoms with E-state index in [1.807, 2.05) is 0 Å². The van der Waals surface area contributed by atoms with E-state index in [0.29, 0.717) is 0 Å². The van der Waals surface area contributed by atoms with Crippen LogP contribution in [0.25, 0.3) is 0 Å². The Balaban J connectivity index is 2.64. The number of esters is 1. The molecule has 0 aromatic carbocycles. The van der Waals surface area contributed by atoms with Crippen LogP contribution in [0.15, 0.2) is 12.7 Å². The molecule has 0 aliphatic rings. The Morgan fingerprint density at radius 2 is 2.33 bits per heavy atom. The summed E-state index contributed by atoms with van der Waals surface area (Å²) >= 11 is 0. The topological polar surface area (TPSA) is 86.1 Å². The van der Waals surface area contributed by atoms with Gasteiger partial charge in [-0.05, 0) is 0 Å². The smallest absolute Gasteiger partial charge is 0.330 e. The molecule has 0 bridgehead atoms. The second-order valence-corrected chi connectivity index (χ2v) is 2.89. The molecule has 15 heavy (non-hydrogen) atoms. The Morgan fingerprint density at radius 3 is 2.80 bits per heavy atom. The van der Waals surface area contributed by atoms with Gasteiger partial charge in [0.2, 0.25) is 5.91 Å². The van der Waals surface area contributed by atoms with E-state index in [0.717, 1.165) is 0 Å². The lowest BCUT2D eigenvalue weighted by atomic mass is 10.3. The van der Waals surface area contributed by atoms with E-state index in [1.165, 1.54) is 31.4 Å². The molecule has 1 amide bonds. The summed E-state index contributed by atoms with van der Waals surface area (Å²) in [7, 11) is 1.26. The standard InChI is InChI=1S/C8H12N4O3/c1-6(13)11-7(8(14)15-2)3-12-5-9-4-10-12/h4-5,7H,3H2,1-2H3,(H,11,13)/t7-/m1/s1. The second kappa shape index (κ2) is 5.08. The van der Waals surface area contributed by atoms with Crippen molar-refractivity contribution in [3.05, 3.63) is 12.7 Å². The number of methoxy groups -OCH3 is 1. The zero-order chi connectivity index (χ0) is 11.3. The van der Waals surface area contributed by atoms with Gasteiger partial charge in [-0.3, -0.25) is 9.48 Å². The Morgan fingerprint density at radius 1 is 1.60 bits per heavy atom. The minimum Gasteiger partial charge on any atom is -0.467 e. The zero-order valence-electron chi connectivity index (χ0n) is 8.51. The molecule has 82 valence electrons. The highest BCUT2D eigenvalue weighted by atomic mass is 16.5. The fourth-order valence-corrected chi connectivity index (χ4v) is 1.08. The number of rotatable bonds is 4. The van der Waals surface area contributed by atoms with Crippen LogP contribution in [0.5, 0.6) is 0 Å². The molecule has 0 spiro atoms. The van der Waals surface area contributed by atoms with Crippen LogP contribution in [0.3, 0.4) is 0 Å². The number of nitrogens with one attached hydrogen (secondary N) is 1. The number of hydrogen-bond acceptors (Lipinski definition) is 5. The lowest BCUT2D eigenvalue weighted by Gasteiger charge is -2.14. The molecule has 0 fully saturated rings. The Bertz CT molecular complexity index is 336. The van der Waals surface area contributed by atoms with E-state index in [9.17, 15) is 9.59 Å². The molecule has 1 aromatic rings. The van der Waals surface area contributed by atoms with E-state index in [1.54, 1.807) is 0 Å². The SMILES string of the molecule is COC(=O)[C@@H](Cn1cncn1)NC(C)=O. The predicted octanol–water partition coefficient (Wildman–Crippen LogP) is -1.04. The fraction of sp³-hybridized carbons (Fsp3) is 0.500. The summed E-state index contributed by atoms with van der Waals surface area (Å²) in [4.78, 5) is 25.8. The maximum atomic E-state index is 11.3. The van der Waals surface area contributed by atoms with Gasteiger partial charge in [0, 0.05) is 6.92 Å². The molecule has 1 aromatic heterocycles. The van der Waals surface area contributed by atoms with Gasteiger partial charge in [0.05, 0.1) is 13.7 Å². The minimum atomic E-state index is -0.741. The molecular formula is C8H12N4O3. The van der Waals surface area contributed by atoms with Gasteiger partial charge in [-0.1, -0.05) is 0 Å². The van der Waals surface area contributed by atoms with Gasteiger partial charge in [0.15, 0.2) is 0 Å². The highest BCUT2D eigenvalue weighted by molar-refractivity contribution is 5.83. The van der Waals surface area contributed by atoms with Gasteiger partial charge in [-0.25, -0.2) is 9.78 Å². The highest BCUT2D eigenvalue weighted by Crippen LogP contribution is 1.93. The van der Waals surface area contributed by atoms with E-state index in [2.05, 4.69) is 20.1 Å². The first-order valence-corrected chi connectivity index (χ1v) is 4.31. The van der Waals surface area contributed by atoms with Crippen LogP contribution in [0.1, 0.15) is 6.92 Å². The van der Waals surface area contributed by atoms with Crippen molar-refractivity contribution in [2.45, 2.75) is 19.5 Å². The monoisotopic (exact) mass is 212 g/mol. The predicted molar refractivity (Wildman–Crippen MR) is 49.6 cm³/mol. The summed E-state index contributed by atoms with van der Waals surface area (Å²) in [5.74, 6) is -0.814. The molecule has 0 radical (unpaired) electrons. The molecule has 0 aliphatic heterocycles. The van der Waals surface area contributed by atoms with Crippen molar-refractivity contribution in [3.63, 3.8) is 0 Å². The van der Waals surface area contributed by atoms with Gasteiger partial charge < -0.3 is 10.1 Å². The second-order valence-electron chi connectivity index (χ2n) is 2.89. The molecule has 1 N–H and O–H groups in total. The van der Waals surface area contributed by atoms with Crippen molar-refractivity contribution in [1.29, 1.82) is 0 Å². The average molecular weight is 212 g/mol. The fourth-order valence-electron chi connectivity index (χ4n) is 1.08. The number of ether oxygens (including phenoxy) is 1. The molecule has 0 aliphatic carbocycles. The maximum Gasteiger partial charge on any atom is 0.330 e. The number of nitrogens with zero attached hydrogens (tertiary/aromatic N) is 3. The summed E-state index contributed by atoms with van der Waals surface area (Å²) in [5.41, 5.74) is 0. The van der Waals surface area contributed by atoms with E-state index in [4.69, 9.17) is 0 Å². The lowest BCUT2D eigenvalue weighted by Crippen LogP contribution is -2.43.